The number of nitrogens with two attached hydrogens (primary N) is 1. The third kappa shape index (κ3) is 9.99. The number of H-pyrrole nitrogens is 1. The maximum atomic E-state index is 12.2. The van der Waals surface area contributed by atoms with Gasteiger partial charge in [0.2, 0.25) is 0 Å². The second-order valence-corrected chi connectivity index (χ2v) is 8.96. The predicted molar refractivity (Wildman–Crippen MR) is 131 cm³/mol. The highest BCUT2D eigenvalue weighted by Crippen LogP contribution is 2.19. The first-order valence-electron chi connectivity index (χ1n) is 12.7. The number of benzene rings is 1. The van der Waals surface area contributed by atoms with Crippen LogP contribution in [-0.4, -0.2) is 23.0 Å². The van der Waals surface area contributed by atoms with Gasteiger partial charge in [-0.05, 0) is 18.1 Å². The largest absolute Gasteiger partial charge is 0.392 e. The summed E-state index contributed by atoms with van der Waals surface area (Å²) in [4.78, 5) is 27.3. The van der Waals surface area contributed by atoms with Crippen LogP contribution in [0.2, 0.25) is 0 Å². The Morgan fingerprint density at radius 2 is 1.44 bits per heavy atom. The summed E-state index contributed by atoms with van der Waals surface area (Å²) in [7, 11) is 0. The van der Waals surface area contributed by atoms with E-state index < -0.39 is 18.0 Å². The van der Waals surface area contributed by atoms with Gasteiger partial charge >= 0.3 is 11.9 Å². The van der Waals surface area contributed by atoms with Gasteiger partial charge in [-0.3, -0.25) is 4.79 Å². The van der Waals surface area contributed by atoms with E-state index in [1.54, 1.807) is 0 Å². The van der Waals surface area contributed by atoms with Crippen LogP contribution in [-0.2, 0) is 20.7 Å². The van der Waals surface area contributed by atoms with Gasteiger partial charge in [-0.15, -0.1) is 0 Å². The third-order valence-corrected chi connectivity index (χ3v) is 6.12. The Hall–Kier alpha value is -2.14. The summed E-state index contributed by atoms with van der Waals surface area (Å²) in [6.45, 7) is 2.26. The number of unbranched alkanes of at least 4 members (excludes halogenated alkanes) is 12. The zero-order valence-corrected chi connectivity index (χ0v) is 19.9. The maximum Gasteiger partial charge on any atom is 0.330 e. The fourth-order valence-electron chi connectivity index (χ4n) is 4.15. The molecule has 0 fully saturated rings. The van der Waals surface area contributed by atoms with Gasteiger partial charge in [0.1, 0.15) is 6.04 Å². The molecular formula is C27H42N2O3. The molecule has 0 saturated carbocycles. The molecule has 0 amide bonds. The van der Waals surface area contributed by atoms with Gasteiger partial charge in [0.05, 0.1) is 0 Å². The van der Waals surface area contributed by atoms with E-state index in [1.807, 2.05) is 30.5 Å². The molecular weight excluding hydrogens is 400 g/mol. The molecule has 3 N–H and O–H groups in total. The highest BCUT2D eigenvalue weighted by Gasteiger charge is 2.20. The van der Waals surface area contributed by atoms with Gasteiger partial charge < -0.3 is 15.5 Å². The molecule has 178 valence electrons. The summed E-state index contributed by atoms with van der Waals surface area (Å²) < 4.78 is 4.97. The van der Waals surface area contributed by atoms with E-state index in [0.29, 0.717) is 6.42 Å². The van der Waals surface area contributed by atoms with E-state index in [0.717, 1.165) is 35.7 Å². The number of rotatable bonds is 17. The van der Waals surface area contributed by atoms with Crippen LogP contribution in [0.3, 0.4) is 0 Å². The standard InChI is InChI=1S/C27H42N2O3/c1-2-3-4-5-6-7-8-9-10-11-12-13-14-19-26(30)32-27(31)24(28)20-22-21-29-25-18-16-15-17-23(22)25/h15-18,21,24,29H,2-14,19-20,28H2,1H3/t24-/m0/s1. The van der Waals surface area contributed by atoms with Crippen molar-refractivity contribution in [2.24, 2.45) is 5.73 Å². The van der Waals surface area contributed by atoms with E-state index in [-0.39, 0.29) is 6.42 Å². The lowest BCUT2D eigenvalue weighted by molar-refractivity contribution is -0.160. The Morgan fingerprint density at radius 1 is 0.875 bits per heavy atom. The number of esters is 2. The Labute approximate surface area is 193 Å². The van der Waals surface area contributed by atoms with Crippen molar-refractivity contribution in [2.75, 3.05) is 0 Å². The average Bonchev–Trinajstić information content (AvgIpc) is 3.19. The van der Waals surface area contributed by atoms with Crippen LogP contribution in [0, 0.1) is 0 Å². The van der Waals surface area contributed by atoms with Crippen molar-refractivity contribution in [1.29, 1.82) is 0 Å². The summed E-state index contributed by atoms with van der Waals surface area (Å²) in [5.74, 6) is -1.11. The molecule has 5 heteroatoms. The number of nitrogens with one attached hydrogen (secondary N) is 1. The summed E-state index contributed by atoms with van der Waals surface area (Å²) in [5, 5.41) is 1.04. The fraction of sp³-hybridized carbons (Fsp3) is 0.630. The lowest BCUT2D eigenvalue weighted by Crippen LogP contribution is -2.35. The number of aromatic amines is 1. The minimum atomic E-state index is -0.843. The maximum absolute atomic E-state index is 12.2. The number of para-hydroxylation sites is 1. The zero-order chi connectivity index (χ0) is 23.0. The molecule has 0 aliphatic heterocycles. The van der Waals surface area contributed by atoms with Gasteiger partial charge in [0.15, 0.2) is 0 Å². The van der Waals surface area contributed by atoms with Gasteiger partial charge in [0.25, 0.3) is 0 Å². The molecule has 0 aliphatic rings. The smallest absolute Gasteiger partial charge is 0.330 e. The number of hydrogen-bond donors (Lipinski definition) is 2. The van der Waals surface area contributed by atoms with E-state index in [2.05, 4.69) is 11.9 Å². The molecule has 0 aliphatic carbocycles. The first kappa shape index (κ1) is 26.1. The predicted octanol–water partition coefficient (Wildman–Crippen LogP) is 6.59. The molecule has 5 nitrogen and oxygen atoms in total. The SMILES string of the molecule is CCCCCCCCCCCCCCCC(=O)OC(=O)[C@@H](N)Cc1c[nH]c2ccccc12. The molecule has 0 radical (unpaired) electrons. The van der Waals surface area contributed by atoms with Gasteiger partial charge in [-0.25, -0.2) is 4.79 Å². The third-order valence-electron chi connectivity index (χ3n) is 6.12. The number of ether oxygens (including phenoxy) is 1. The van der Waals surface area contributed by atoms with Crippen molar-refractivity contribution < 1.29 is 14.3 Å². The Morgan fingerprint density at radius 3 is 2.06 bits per heavy atom. The topological polar surface area (TPSA) is 85.2 Å². The van der Waals surface area contributed by atoms with Crippen LogP contribution in [0.1, 0.15) is 102 Å². The number of hydrogen-bond acceptors (Lipinski definition) is 4. The average molecular weight is 443 g/mol. The highest BCUT2D eigenvalue weighted by molar-refractivity contribution is 5.89. The van der Waals surface area contributed by atoms with Crippen LogP contribution < -0.4 is 5.73 Å². The molecule has 0 saturated heterocycles. The lowest BCUT2D eigenvalue weighted by atomic mass is 10.0. The molecule has 1 atom stereocenters. The molecule has 1 aromatic carbocycles. The molecule has 0 bridgehead atoms. The number of aromatic nitrogens is 1. The van der Waals surface area contributed by atoms with Crippen LogP contribution in [0.4, 0.5) is 0 Å². The van der Waals surface area contributed by atoms with E-state index >= 15 is 0 Å². The van der Waals surface area contributed by atoms with Gasteiger partial charge in [-0.1, -0.05) is 102 Å². The minimum absolute atomic E-state index is 0.281. The van der Waals surface area contributed by atoms with Crippen molar-refractivity contribution in [1.82, 2.24) is 4.98 Å². The summed E-state index contributed by atoms with van der Waals surface area (Å²) in [5.41, 5.74) is 7.94. The normalized spacial score (nSPS) is 12.2. The van der Waals surface area contributed by atoms with Gasteiger partial charge in [0, 0.05) is 29.9 Å². The molecule has 1 heterocycles. The van der Waals surface area contributed by atoms with Crippen molar-refractivity contribution in [3.05, 3.63) is 36.0 Å². The van der Waals surface area contributed by atoms with Crippen molar-refractivity contribution in [2.45, 2.75) is 109 Å². The lowest BCUT2D eigenvalue weighted by Gasteiger charge is -2.10. The van der Waals surface area contributed by atoms with Gasteiger partial charge in [-0.2, -0.15) is 0 Å². The van der Waals surface area contributed by atoms with Crippen LogP contribution >= 0.6 is 0 Å². The summed E-state index contributed by atoms with van der Waals surface area (Å²) in [6, 6.07) is 7.01. The Bertz CT molecular complexity index is 799. The molecule has 0 unspecified atom stereocenters. The van der Waals surface area contributed by atoms with E-state index in [4.69, 9.17) is 10.5 Å². The first-order valence-corrected chi connectivity index (χ1v) is 12.7. The summed E-state index contributed by atoms with van der Waals surface area (Å²) >= 11 is 0. The molecule has 2 aromatic rings. The first-order chi connectivity index (χ1) is 15.6. The monoisotopic (exact) mass is 442 g/mol. The fourth-order valence-corrected chi connectivity index (χ4v) is 4.15. The Balaban J connectivity index is 1.48. The summed E-state index contributed by atoms with van der Waals surface area (Å²) in [6.07, 6.45) is 18.8. The number of fused-ring (bicyclic) bond motifs is 1. The van der Waals surface area contributed by atoms with E-state index in [1.165, 1.54) is 64.2 Å². The molecule has 2 rings (SSSR count). The molecule has 1 aromatic heterocycles. The minimum Gasteiger partial charge on any atom is -0.392 e. The van der Waals surface area contributed by atoms with Crippen LogP contribution in [0.15, 0.2) is 30.5 Å². The number of carbonyl (C=O) groups excluding carboxylic acids is 2. The molecule has 32 heavy (non-hydrogen) atoms. The van der Waals surface area contributed by atoms with Crippen LogP contribution in [0.5, 0.6) is 0 Å². The second-order valence-electron chi connectivity index (χ2n) is 8.96. The van der Waals surface area contributed by atoms with Crippen molar-refractivity contribution in [3.8, 4) is 0 Å². The van der Waals surface area contributed by atoms with Crippen LogP contribution in [0.25, 0.3) is 10.9 Å². The zero-order valence-electron chi connectivity index (χ0n) is 19.9. The second kappa shape index (κ2) is 15.6. The highest BCUT2D eigenvalue weighted by atomic mass is 16.6. The van der Waals surface area contributed by atoms with Crippen molar-refractivity contribution >= 4 is 22.8 Å². The molecule has 0 spiro atoms. The Kier molecular flexibility index (Phi) is 12.8. The quantitative estimate of drug-likeness (QED) is 0.164. The van der Waals surface area contributed by atoms with E-state index in [9.17, 15) is 9.59 Å². The van der Waals surface area contributed by atoms with Crippen molar-refractivity contribution in [3.63, 3.8) is 0 Å². The number of carbonyl (C=O) groups is 2.